The van der Waals surface area contributed by atoms with Gasteiger partial charge in [-0.15, -0.1) is 0 Å². The first-order chi connectivity index (χ1) is 9.36. The summed E-state index contributed by atoms with van der Waals surface area (Å²) in [4.78, 5) is 0. The summed E-state index contributed by atoms with van der Waals surface area (Å²) in [5.41, 5.74) is 5.94. The highest BCUT2D eigenvalue weighted by Crippen LogP contribution is 2.40. The van der Waals surface area contributed by atoms with Crippen molar-refractivity contribution in [1.29, 1.82) is 0 Å². The van der Waals surface area contributed by atoms with E-state index in [2.05, 4.69) is 78.0 Å². The summed E-state index contributed by atoms with van der Waals surface area (Å²) >= 11 is 0. The smallest absolute Gasteiger partial charge is 0.00981 e. The average Bonchev–Trinajstić information content (AvgIpc) is 2.37. The Bertz CT molecular complexity index is 476. The largest absolute Gasteiger partial charge is 0.0813 e. The topological polar surface area (TPSA) is 0 Å². The first-order valence-corrected chi connectivity index (χ1v) is 7.77. The molecule has 0 heteroatoms. The van der Waals surface area contributed by atoms with Crippen LogP contribution in [0, 0.1) is 5.41 Å². The first-order valence-electron chi connectivity index (χ1n) is 7.77. The Labute approximate surface area is 125 Å². The van der Waals surface area contributed by atoms with Crippen LogP contribution in [0.5, 0.6) is 0 Å². The molecule has 0 nitrogen and oxygen atoms in total. The molecule has 0 aromatic rings. The zero-order valence-corrected chi connectivity index (χ0v) is 14.1. The van der Waals surface area contributed by atoms with E-state index < -0.39 is 0 Å². The molecule has 0 saturated carbocycles. The molecule has 1 aliphatic carbocycles. The normalized spacial score (nSPS) is 22.5. The van der Waals surface area contributed by atoms with Crippen LogP contribution in [-0.4, -0.2) is 0 Å². The molecule has 0 spiro atoms. The van der Waals surface area contributed by atoms with Gasteiger partial charge in [-0.05, 0) is 51.0 Å². The molecule has 0 aromatic heterocycles. The molecule has 0 aliphatic heterocycles. The summed E-state index contributed by atoms with van der Waals surface area (Å²) in [5.74, 6) is 0. The third-order valence-corrected chi connectivity index (χ3v) is 4.18. The van der Waals surface area contributed by atoms with Crippen LogP contribution in [0.2, 0.25) is 0 Å². The number of rotatable bonds is 4. The highest BCUT2D eigenvalue weighted by molar-refractivity contribution is 5.40. The van der Waals surface area contributed by atoms with E-state index in [0.29, 0.717) is 5.41 Å². The molecule has 0 radical (unpaired) electrons. The summed E-state index contributed by atoms with van der Waals surface area (Å²) in [6.45, 7) is 13.5. The molecule has 1 aliphatic rings. The van der Waals surface area contributed by atoms with Crippen molar-refractivity contribution in [3.8, 4) is 0 Å². The third-order valence-electron chi connectivity index (χ3n) is 4.18. The van der Waals surface area contributed by atoms with Gasteiger partial charge in [0.25, 0.3) is 0 Å². The van der Waals surface area contributed by atoms with Crippen molar-refractivity contribution in [1.82, 2.24) is 0 Å². The number of hydrogen-bond acceptors (Lipinski definition) is 0. The van der Waals surface area contributed by atoms with E-state index in [1.165, 1.54) is 35.1 Å². The van der Waals surface area contributed by atoms with Crippen molar-refractivity contribution in [3.05, 3.63) is 58.7 Å². The van der Waals surface area contributed by atoms with Crippen molar-refractivity contribution >= 4 is 0 Å². The van der Waals surface area contributed by atoms with E-state index >= 15 is 0 Å². The van der Waals surface area contributed by atoms with Gasteiger partial charge in [-0.3, -0.25) is 0 Å². The Morgan fingerprint density at radius 2 is 1.95 bits per heavy atom. The molecule has 0 bridgehead atoms. The minimum absolute atomic E-state index is 0.304. The van der Waals surface area contributed by atoms with Gasteiger partial charge in [-0.25, -0.2) is 0 Å². The number of hydrogen-bond donors (Lipinski definition) is 0. The van der Waals surface area contributed by atoms with Crippen LogP contribution in [0.4, 0.5) is 0 Å². The lowest BCUT2D eigenvalue weighted by Gasteiger charge is -2.32. The first kappa shape index (κ1) is 16.8. The van der Waals surface area contributed by atoms with E-state index in [0.717, 1.165) is 6.42 Å². The van der Waals surface area contributed by atoms with Gasteiger partial charge in [0.05, 0.1) is 0 Å². The standard InChI is InChI=1S/C20H30/c1-7-16(2)10-8-11-17(3)13-14-19-18(4)12-9-15-20(19,5)6/h8,10-14H,7,9,15H2,1-6H3/b11-8+,16-10+,17-13+,19-14-. The molecule has 0 fully saturated rings. The van der Waals surface area contributed by atoms with Crippen LogP contribution >= 0.6 is 0 Å². The second-order valence-corrected chi connectivity index (χ2v) is 6.53. The molecule has 0 heterocycles. The van der Waals surface area contributed by atoms with Crippen molar-refractivity contribution in [3.63, 3.8) is 0 Å². The second-order valence-electron chi connectivity index (χ2n) is 6.53. The molecule has 20 heavy (non-hydrogen) atoms. The number of allylic oxidation sites excluding steroid dienone is 10. The zero-order valence-electron chi connectivity index (χ0n) is 14.1. The van der Waals surface area contributed by atoms with Crippen LogP contribution in [0.15, 0.2) is 58.7 Å². The van der Waals surface area contributed by atoms with Gasteiger partial charge in [0, 0.05) is 0 Å². The Kier molecular flexibility index (Phi) is 6.26. The highest BCUT2D eigenvalue weighted by Gasteiger charge is 2.26. The van der Waals surface area contributed by atoms with Crippen LogP contribution < -0.4 is 0 Å². The predicted octanol–water partition coefficient (Wildman–Crippen LogP) is 6.54. The van der Waals surface area contributed by atoms with Crippen LogP contribution in [0.25, 0.3) is 0 Å². The van der Waals surface area contributed by atoms with Gasteiger partial charge in [0.1, 0.15) is 0 Å². The summed E-state index contributed by atoms with van der Waals surface area (Å²) < 4.78 is 0. The third kappa shape index (κ3) is 5.00. The van der Waals surface area contributed by atoms with Gasteiger partial charge in [-0.1, -0.05) is 73.9 Å². The van der Waals surface area contributed by atoms with Gasteiger partial charge < -0.3 is 0 Å². The van der Waals surface area contributed by atoms with E-state index in [1.807, 2.05) is 0 Å². The molecule has 0 saturated heterocycles. The van der Waals surface area contributed by atoms with Crippen molar-refractivity contribution in [2.45, 2.75) is 60.8 Å². The quantitative estimate of drug-likeness (QED) is 0.509. The zero-order chi connectivity index (χ0) is 15.2. The van der Waals surface area contributed by atoms with Gasteiger partial charge in [0.15, 0.2) is 0 Å². The van der Waals surface area contributed by atoms with Crippen LogP contribution in [0.1, 0.15) is 60.8 Å². The van der Waals surface area contributed by atoms with Gasteiger partial charge in [-0.2, -0.15) is 0 Å². The SMILES string of the molecule is CC/C(C)=C/C=C/C(C)=C/C=C1/C(C)=CCCC1(C)C. The maximum atomic E-state index is 2.36. The minimum Gasteiger partial charge on any atom is -0.0813 e. The molecule has 110 valence electrons. The van der Waals surface area contributed by atoms with Gasteiger partial charge in [0.2, 0.25) is 0 Å². The van der Waals surface area contributed by atoms with Gasteiger partial charge >= 0.3 is 0 Å². The fourth-order valence-electron chi connectivity index (χ4n) is 2.54. The minimum atomic E-state index is 0.304. The summed E-state index contributed by atoms with van der Waals surface area (Å²) in [6.07, 6.45) is 17.0. The Morgan fingerprint density at radius 3 is 2.55 bits per heavy atom. The summed E-state index contributed by atoms with van der Waals surface area (Å²) in [6, 6.07) is 0. The van der Waals surface area contributed by atoms with E-state index in [1.54, 1.807) is 0 Å². The molecule has 0 aromatic carbocycles. The fraction of sp³-hybridized carbons (Fsp3) is 0.500. The molecular formula is C20H30. The molecular weight excluding hydrogens is 240 g/mol. The Hall–Kier alpha value is -1.30. The van der Waals surface area contributed by atoms with Crippen LogP contribution in [-0.2, 0) is 0 Å². The van der Waals surface area contributed by atoms with E-state index in [4.69, 9.17) is 0 Å². The summed E-state index contributed by atoms with van der Waals surface area (Å²) in [7, 11) is 0. The van der Waals surface area contributed by atoms with E-state index in [9.17, 15) is 0 Å². The monoisotopic (exact) mass is 270 g/mol. The maximum absolute atomic E-state index is 2.36. The highest BCUT2D eigenvalue weighted by atomic mass is 14.3. The van der Waals surface area contributed by atoms with Crippen molar-refractivity contribution in [2.75, 3.05) is 0 Å². The maximum Gasteiger partial charge on any atom is -0.00981 e. The fourth-order valence-corrected chi connectivity index (χ4v) is 2.54. The van der Waals surface area contributed by atoms with Crippen molar-refractivity contribution in [2.24, 2.45) is 5.41 Å². The average molecular weight is 270 g/mol. The van der Waals surface area contributed by atoms with E-state index in [-0.39, 0.29) is 0 Å². The molecule has 0 amide bonds. The lowest BCUT2D eigenvalue weighted by atomic mass is 9.73. The lowest BCUT2D eigenvalue weighted by molar-refractivity contribution is 0.404. The molecule has 1 rings (SSSR count). The lowest BCUT2D eigenvalue weighted by Crippen LogP contribution is -2.18. The molecule has 0 atom stereocenters. The Balaban J connectivity index is 2.86. The van der Waals surface area contributed by atoms with Crippen LogP contribution in [0.3, 0.4) is 0 Å². The Morgan fingerprint density at radius 1 is 1.25 bits per heavy atom. The molecule has 0 N–H and O–H groups in total. The van der Waals surface area contributed by atoms with Crippen molar-refractivity contribution < 1.29 is 0 Å². The second kappa shape index (κ2) is 7.47. The predicted molar refractivity (Wildman–Crippen MR) is 91.8 cm³/mol. The summed E-state index contributed by atoms with van der Waals surface area (Å²) in [5, 5.41) is 0. The molecule has 0 unspecified atom stereocenters.